The summed E-state index contributed by atoms with van der Waals surface area (Å²) in [6.45, 7) is 0.688. The Morgan fingerprint density at radius 3 is 2.55 bits per heavy atom. The van der Waals surface area contributed by atoms with Crippen molar-refractivity contribution in [3.63, 3.8) is 0 Å². The fourth-order valence-corrected chi connectivity index (χ4v) is 5.01. The summed E-state index contributed by atoms with van der Waals surface area (Å²) in [5.41, 5.74) is 0.974. The van der Waals surface area contributed by atoms with Crippen molar-refractivity contribution in [2.45, 2.75) is 30.3 Å². The van der Waals surface area contributed by atoms with Crippen LogP contribution >= 0.6 is 0 Å². The molecule has 0 aromatic heterocycles. The van der Waals surface area contributed by atoms with E-state index in [9.17, 15) is 18.0 Å². The van der Waals surface area contributed by atoms with E-state index in [1.807, 2.05) is 0 Å². The predicted octanol–water partition coefficient (Wildman–Crippen LogP) is 2.43. The van der Waals surface area contributed by atoms with Gasteiger partial charge in [0.05, 0.1) is 25.7 Å². The number of nitrogens with one attached hydrogen (secondary N) is 1. The summed E-state index contributed by atoms with van der Waals surface area (Å²) < 4.78 is 38.5. The lowest BCUT2D eigenvalue weighted by Crippen LogP contribution is -2.32. The third-order valence-electron chi connectivity index (χ3n) is 5.47. The number of methoxy groups -OCH3 is 2. The van der Waals surface area contributed by atoms with Gasteiger partial charge in [0.25, 0.3) is 15.9 Å². The SMILES string of the molecule is COc1ccc(S(=O)(=O)Nc2cccc(CN3C(=O)C4CCCN4C3=O)c2)cc1OC. The minimum atomic E-state index is -3.89. The highest BCUT2D eigenvalue weighted by atomic mass is 32.2. The van der Waals surface area contributed by atoms with Crippen LogP contribution in [-0.2, 0) is 21.4 Å². The Morgan fingerprint density at radius 1 is 1.06 bits per heavy atom. The number of imide groups is 1. The standard InChI is InChI=1S/C21H23N3O6S/c1-29-18-9-8-16(12-19(18)30-2)31(27,28)22-15-6-3-5-14(11-15)13-24-20(25)17-7-4-10-23(17)21(24)26/h3,5-6,8-9,11-12,17,22H,4,7,10,13H2,1-2H3. The normalized spacial score (nSPS) is 18.3. The Morgan fingerprint density at radius 2 is 1.84 bits per heavy atom. The lowest BCUT2D eigenvalue weighted by Gasteiger charge is -2.16. The van der Waals surface area contributed by atoms with Crippen LogP contribution in [0.25, 0.3) is 0 Å². The number of nitrogens with zero attached hydrogens (tertiary/aromatic N) is 2. The van der Waals surface area contributed by atoms with Crippen molar-refractivity contribution < 1.29 is 27.5 Å². The zero-order valence-electron chi connectivity index (χ0n) is 17.2. The van der Waals surface area contributed by atoms with E-state index in [1.54, 1.807) is 29.2 Å². The molecule has 9 nitrogen and oxygen atoms in total. The molecule has 0 radical (unpaired) electrons. The van der Waals surface area contributed by atoms with Crippen LogP contribution in [0.1, 0.15) is 18.4 Å². The van der Waals surface area contributed by atoms with Crippen molar-refractivity contribution in [2.24, 2.45) is 0 Å². The molecule has 0 saturated carbocycles. The van der Waals surface area contributed by atoms with Gasteiger partial charge in [-0.05, 0) is 42.7 Å². The fraction of sp³-hybridized carbons (Fsp3) is 0.333. The van der Waals surface area contributed by atoms with Crippen molar-refractivity contribution in [1.29, 1.82) is 0 Å². The molecule has 2 aliphatic heterocycles. The number of hydrogen-bond donors (Lipinski definition) is 1. The largest absolute Gasteiger partial charge is 0.493 e. The maximum Gasteiger partial charge on any atom is 0.327 e. The van der Waals surface area contributed by atoms with E-state index >= 15 is 0 Å². The van der Waals surface area contributed by atoms with Crippen molar-refractivity contribution in [1.82, 2.24) is 9.80 Å². The average Bonchev–Trinajstić information content (AvgIpc) is 3.33. The van der Waals surface area contributed by atoms with Crippen molar-refractivity contribution in [3.05, 3.63) is 48.0 Å². The smallest absolute Gasteiger partial charge is 0.327 e. The van der Waals surface area contributed by atoms with E-state index in [2.05, 4.69) is 4.72 Å². The Labute approximate surface area is 180 Å². The summed E-state index contributed by atoms with van der Waals surface area (Å²) in [5.74, 6) is 0.522. The van der Waals surface area contributed by atoms with Crippen molar-refractivity contribution >= 4 is 27.6 Å². The Balaban J connectivity index is 1.52. The molecule has 2 heterocycles. The van der Waals surface area contributed by atoms with E-state index in [4.69, 9.17) is 9.47 Å². The first-order valence-corrected chi connectivity index (χ1v) is 11.3. The summed E-state index contributed by atoms with van der Waals surface area (Å²) in [7, 11) is -0.995. The number of rotatable bonds is 7. The predicted molar refractivity (Wildman–Crippen MR) is 112 cm³/mol. The van der Waals surface area contributed by atoms with Gasteiger partial charge in [0, 0.05) is 18.3 Å². The molecule has 1 atom stereocenters. The molecule has 1 unspecified atom stereocenters. The lowest BCUT2D eigenvalue weighted by atomic mass is 10.1. The van der Waals surface area contributed by atoms with Crippen LogP contribution in [0.15, 0.2) is 47.4 Å². The van der Waals surface area contributed by atoms with Gasteiger partial charge in [0.2, 0.25) is 0 Å². The number of carbonyl (C=O) groups excluding carboxylic acids is 2. The molecule has 10 heteroatoms. The molecule has 0 spiro atoms. The highest BCUT2D eigenvalue weighted by Gasteiger charge is 2.47. The van der Waals surface area contributed by atoms with Crippen LogP contribution in [0, 0.1) is 0 Å². The second kappa shape index (κ2) is 8.10. The number of urea groups is 1. The molecule has 0 bridgehead atoms. The van der Waals surface area contributed by atoms with E-state index in [0.29, 0.717) is 35.7 Å². The van der Waals surface area contributed by atoms with E-state index in [-0.39, 0.29) is 29.4 Å². The maximum atomic E-state index is 12.8. The van der Waals surface area contributed by atoms with Crippen LogP contribution < -0.4 is 14.2 Å². The monoisotopic (exact) mass is 445 g/mol. The summed E-state index contributed by atoms with van der Waals surface area (Å²) >= 11 is 0. The van der Waals surface area contributed by atoms with E-state index < -0.39 is 10.0 Å². The molecule has 2 saturated heterocycles. The first kappa shape index (κ1) is 21.0. The molecule has 1 N–H and O–H groups in total. The number of ether oxygens (including phenoxy) is 2. The van der Waals surface area contributed by atoms with Crippen LogP contribution in [0.5, 0.6) is 11.5 Å². The lowest BCUT2D eigenvalue weighted by molar-refractivity contribution is -0.128. The quantitative estimate of drug-likeness (QED) is 0.657. The molecule has 31 heavy (non-hydrogen) atoms. The van der Waals surface area contributed by atoms with E-state index in [1.165, 1.54) is 37.3 Å². The van der Waals surface area contributed by atoms with Gasteiger partial charge in [-0.1, -0.05) is 12.1 Å². The third-order valence-corrected chi connectivity index (χ3v) is 6.84. The molecule has 4 rings (SSSR count). The van der Waals surface area contributed by atoms with Crippen molar-refractivity contribution in [3.8, 4) is 11.5 Å². The number of hydrogen-bond acceptors (Lipinski definition) is 6. The van der Waals surface area contributed by atoms with Gasteiger partial charge in [-0.15, -0.1) is 0 Å². The van der Waals surface area contributed by atoms with Gasteiger partial charge in [0.1, 0.15) is 6.04 Å². The Kier molecular flexibility index (Phi) is 5.48. The van der Waals surface area contributed by atoms with Gasteiger partial charge in [0.15, 0.2) is 11.5 Å². The molecule has 0 aliphatic carbocycles. The molecule has 3 amide bonds. The summed E-state index contributed by atoms with van der Waals surface area (Å²) in [6, 6.07) is 10.3. The average molecular weight is 445 g/mol. The molecular formula is C21H23N3O6S. The summed E-state index contributed by atoms with van der Waals surface area (Å²) in [4.78, 5) is 27.9. The highest BCUT2D eigenvalue weighted by Crippen LogP contribution is 2.31. The van der Waals surface area contributed by atoms with Crippen LogP contribution in [-0.4, -0.2) is 57.0 Å². The summed E-state index contributed by atoms with van der Waals surface area (Å²) in [6.07, 6.45) is 1.52. The number of amides is 3. The number of carbonyl (C=O) groups is 2. The number of fused-ring (bicyclic) bond motifs is 1. The first-order chi connectivity index (χ1) is 14.8. The molecule has 2 aromatic carbocycles. The Hall–Kier alpha value is -3.27. The number of sulfonamides is 1. The third kappa shape index (κ3) is 3.90. The van der Waals surface area contributed by atoms with Crippen molar-refractivity contribution in [2.75, 3.05) is 25.5 Å². The summed E-state index contributed by atoms with van der Waals surface area (Å²) in [5, 5.41) is 0. The fourth-order valence-electron chi connectivity index (χ4n) is 3.94. The Bertz CT molecular complexity index is 1110. The van der Waals surface area contributed by atoms with Gasteiger partial charge < -0.3 is 14.4 Å². The molecular weight excluding hydrogens is 422 g/mol. The topological polar surface area (TPSA) is 105 Å². The number of benzene rings is 2. The highest BCUT2D eigenvalue weighted by molar-refractivity contribution is 7.92. The minimum absolute atomic E-state index is 0.0149. The maximum absolute atomic E-state index is 12.8. The molecule has 2 aromatic rings. The van der Waals surface area contributed by atoms with E-state index in [0.717, 1.165) is 6.42 Å². The van der Waals surface area contributed by atoms with Crippen LogP contribution in [0.3, 0.4) is 0 Å². The molecule has 164 valence electrons. The minimum Gasteiger partial charge on any atom is -0.493 e. The van der Waals surface area contributed by atoms with Gasteiger partial charge in [-0.2, -0.15) is 0 Å². The second-order valence-corrected chi connectivity index (χ2v) is 9.06. The second-order valence-electron chi connectivity index (χ2n) is 7.38. The van der Waals surface area contributed by atoms with Gasteiger partial charge in [-0.25, -0.2) is 13.2 Å². The van der Waals surface area contributed by atoms with Crippen LogP contribution in [0.2, 0.25) is 0 Å². The zero-order chi connectivity index (χ0) is 22.2. The molecule has 2 aliphatic rings. The first-order valence-electron chi connectivity index (χ1n) is 9.80. The van der Waals surface area contributed by atoms with Crippen LogP contribution in [0.4, 0.5) is 10.5 Å². The van der Waals surface area contributed by atoms with Gasteiger partial charge in [-0.3, -0.25) is 14.4 Å². The molecule has 2 fully saturated rings. The zero-order valence-corrected chi connectivity index (χ0v) is 18.0. The van der Waals surface area contributed by atoms with Gasteiger partial charge >= 0.3 is 6.03 Å². The number of anilines is 1.